The normalized spacial score (nSPS) is 10.6. The number of carbonyl (C=O) groups is 2. The number of rotatable bonds is 11. The Balaban J connectivity index is 2.39. The molecule has 2 aromatic rings. The van der Waals surface area contributed by atoms with Crippen molar-refractivity contribution in [3.8, 4) is 12.3 Å². The number of anilines is 2. The Kier molecular flexibility index (Phi) is 9.88. The molecule has 34 heavy (non-hydrogen) atoms. The molecule has 0 radical (unpaired) electrons. The van der Waals surface area contributed by atoms with Crippen LogP contribution in [0, 0.1) is 29.8 Å². The Morgan fingerprint density at radius 2 is 1.97 bits per heavy atom. The smallest absolute Gasteiger partial charge is 0.277 e. The summed E-state index contributed by atoms with van der Waals surface area (Å²) in [5.74, 6) is -2.89. The maximum atomic E-state index is 15.0. The Morgan fingerprint density at radius 1 is 1.21 bits per heavy atom. The number of amides is 2. The van der Waals surface area contributed by atoms with E-state index in [1.54, 1.807) is 0 Å². The van der Waals surface area contributed by atoms with Crippen molar-refractivity contribution in [1.29, 1.82) is 0 Å². The first-order valence-electron chi connectivity index (χ1n) is 9.76. The van der Waals surface area contributed by atoms with Crippen LogP contribution in [0.1, 0.15) is 27.9 Å². The summed E-state index contributed by atoms with van der Waals surface area (Å²) in [6, 6.07) is 4.48. The molecule has 0 heterocycles. The zero-order valence-electron chi connectivity index (χ0n) is 18.0. The molecule has 0 saturated carbocycles. The molecule has 0 aliphatic rings. The summed E-state index contributed by atoms with van der Waals surface area (Å²) < 4.78 is 44.0. The first-order chi connectivity index (χ1) is 16.3. The number of terminal acetylenes is 1. The van der Waals surface area contributed by atoms with E-state index in [1.807, 2.05) is 5.48 Å². The fourth-order valence-electron chi connectivity index (χ4n) is 2.51. The number of nitrogens with one attached hydrogen (secondary N) is 3. The van der Waals surface area contributed by atoms with Crippen molar-refractivity contribution in [3.05, 3.63) is 58.4 Å². The van der Waals surface area contributed by atoms with Gasteiger partial charge in [-0.1, -0.05) is 11.1 Å². The number of aliphatic hydroxyl groups excluding tert-OH is 1. The predicted molar refractivity (Wildman–Crippen MR) is 117 cm³/mol. The fraction of sp³-hybridized carbons (Fsp3) is 0.227. The van der Waals surface area contributed by atoms with Crippen LogP contribution in [0.2, 0.25) is 0 Å². The number of hydrogen-bond acceptors (Lipinski definition) is 7. The average molecular weight is 478 g/mol. The highest BCUT2D eigenvalue weighted by molar-refractivity contribution is 6.01. The molecular weight excluding hydrogens is 457 g/mol. The van der Waals surface area contributed by atoms with Gasteiger partial charge in [0, 0.05) is 18.2 Å². The van der Waals surface area contributed by atoms with Gasteiger partial charge in [0.2, 0.25) is 5.91 Å². The van der Waals surface area contributed by atoms with Crippen LogP contribution in [0.25, 0.3) is 0 Å². The molecule has 0 atom stereocenters. The van der Waals surface area contributed by atoms with E-state index in [0.29, 0.717) is 0 Å². The lowest BCUT2D eigenvalue weighted by atomic mass is 10.1. The van der Waals surface area contributed by atoms with Gasteiger partial charge in [0.15, 0.2) is 11.6 Å². The van der Waals surface area contributed by atoms with Crippen molar-refractivity contribution in [1.82, 2.24) is 10.8 Å². The number of halogens is 3. The van der Waals surface area contributed by atoms with E-state index in [9.17, 15) is 22.8 Å². The number of hydroxylamine groups is 1. The predicted octanol–water partition coefficient (Wildman–Crippen LogP) is 1.97. The summed E-state index contributed by atoms with van der Waals surface area (Å²) >= 11 is 0. The van der Waals surface area contributed by atoms with Gasteiger partial charge < -0.3 is 20.6 Å². The van der Waals surface area contributed by atoms with Crippen LogP contribution >= 0.6 is 0 Å². The summed E-state index contributed by atoms with van der Waals surface area (Å²) in [6.45, 7) is -0.815. The largest absolute Gasteiger partial charge is 0.395 e. The lowest BCUT2D eigenvalue weighted by Gasteiger charge is -2.15. The van der Waals surface area contributed by atoms with Crippen LogP contribution in [-0.4, -0.2) is 50.0 Å². The molecule has 0 saturated heterocycles. The molecule has 0 aliphatic carbocycles. The van der Waals surface area contributed by atoms with Crippen molar-refractivity contribution >= 4 is 29.4 Å². The molecular formula is C22H21F3N4O5. The van der Waals surface area contributed by atoms with Crippen molar-refractivity contribution in [3.63, 3.8) is 0 Å². The summed E-state index contributed by atoms with van der Waals surface area (Å²) in [5, 5.41) is 17.0. The standard InChI is InChI=1S/C22H21F3N4O5/c1-3-13-4-5-17(16(23)10-13)28-21-15(22(32)29-34-9-7-30)11-14(19(24)20(21)25)12-27-33-8-6-18(31)26-2/h1,4-5,10-12,28,30H,6-9H2,2H3,(H,26,31)(H,29,32)/b27-12-. The summed E-state index contributed by atoms with van der Waals surface area (Å²) in [5.41, 5.74) is 0.270. The number of aliphatic hydroxyl groups is 1. The number of hydrogen-bond donors (Lipinski definition) is 4. The topological polar surface area (TPSA) is 121 Å². The summed E-state index contributed by atoms with van der Waals surface area (Å²) in [4.78, 5) is 33.2. The SMILES string of the molecule is C#Cc1ccc(Nc2c(C(=O)NOCCO)cc(/C=N\OCCC(=O)NC)c(F)c2F)c(F)c1. The molecule has 4 N–H and O–H groups in total. The molecule has 0 bridgehead atoms. The van der Waals surface area contributed by atoms with Crippen LogP contribution < -0.4 is 16.1 Å². The van der Waals surface area contributed by atoms with E-state index >= 15 is 0 Å². The van der Waals surface area contributed by atoms with Crippen LogP contribution in [0.3, 0.4) is 0 Å². The second-order valence-electron chi connectivity index (χ2n) is 6.47. The monoisotopic (exact) mass is 478 g/mol. The first kappa shape index (κ1) is 26.2. The van der Waals surface area contributed by atoms with E-state index in [0.717, 1.165) is 18.3 Å². The van der Waals surface area contributed by atoms with Gasteiger partial charge in [-0.2, -0.15) is 0 Å². The summed E-state index contributed by atoms with van der Waals surface area (Å²) in [6.07, 6.45) is 6.00. The minimum Gasteiger partial charge on any atom is -0.395 e. The number of benzene rings is 2. The van der Waals surface area contributed by atoms with Crippen LogP contribution in [-0.2, 0) is 14.5 Å². The summed E-state index contributed by atoms with van der Waals surface area (Å²) in [7, 11) is 1.44. The molecule has 9 nitrogen and oxygen atoms in total. The zero-order valence-corrected chi connectivity index (χ0v) is 18.0. The van der Waals surface area contributed by atoms with E-state index < -0.39 is 46.8 Å². The molecule has 2 aromatic carbocycles. The minimum absolute atomic E-state index is 0.0204. The lowest BCUT2D eigenvalue weighted by molar-refractivity contribution is -0.121. The maximum absolute atomic E-state index is 15.0. The number of nitrogens with zero attached hydrogens (tertiary/aromatic N) is 1. The van der Waals surface area contributed by atoms with E-state index in [1.165, 1.54) is 19.2 Å². The van der Waals surface area contributed by atoms with Gasteiger partial charge in [-0.25, -0.2) is 18.7 Å². The van der Waals surface area contributed by atoms with Gasteiger partial charge in [0.1, 0.15) is 12.4 Å². The second kappa shape index (κ2) is 12.8. The van der Waals surface area contributed by atoms with Gasteiger partial charge in [0.25, 0.3) is 5.91 Å². The molecule has 0 fully saturated rings. The van der Waals surface area contributed by atoms with Crippen molar-refractivity contribution < 1.29 is 37.5 Å². The maximum Gasteiger partial charge on any atom is 0.277 e. The van der Waals surface area contributed by atoms with Crippen LogP contribution in [0.4, 0.5) is 24.5 Å². The van der Waals surface area contributed by atoms with E-state index in [2.05, 4.69) is 21.7 Å². The Morgan fingerprint density at radius 3 is 2.62 bits per heavy atom. The second-order valence-corrected chi connectivity index (χ2v) is 6.47. The Bertz CT molecular complexity index is 1120. The highest BCUT2D eigenvalue weighted by atomic mass is 19.2. The number of carbonyl (C=O) groups excluding carboxylic acids is 2. The molecule has 0 aliphatic heterocycles. The van der Waals surface area contributed by atoms with Gasteiger partial charge >= 0.3 is 0 Å². The van der Waals surface area contributed by atoms with E-state index in [-0.39, 0.29) is 36.8 Å². The van der Waals surface area contributed by atoms with Gasteiger partial charge in [-0.3, -0.25) is 14.4 Å². The molecule has 180 valence electrons. The Hall–Kier alpha value is -4.08. The van der Waals surface area contributed by atoms with Crippen molar-refractivity contribution in [2.45, 2.75) is 6.42 Å². The highest BCUT2D eigenvalue weighted by Crippen LogP contribution is 2.30. The first-order valence-corrected chi connectivity index (χ1v) is 9.76. The molecule has 2 rings (SSSR count). The van der Waals surface area contributed by atoms with Crippen LogP contribution in [0.15, 0.2) is 29.4 Å². The van der Waals surface area contributed by atoms with Gasteiger partial charge in [-0.15, -0.1) is 6.42 Å². The van der Waals surface area contributed by atoms with Crippen molar-refractivity contribution in [2.24, 2.45) is 5.16 Å². The van der Waals surface area contributed by atoms with Crippen molar-refractivity contribution in [2.75, 3.05) is 32.2 Å². The minimum atomic E-state index is -1.51. The van der Waals surface area contributed by atoms with E-state index in [4.69, 9.17) is 21.2 Å². The third-order valence-corrected chi connectivity index (χ3v) is 4.20. The molecule has 0 spiro atoms. The third kappa shape index (κ3) is 6.96. The quantitative estimate of drug-likeness (QED) is 0.170. The lowest BCUT2D eigenvalue weighted by Crippen LogP contribution is -2.26. The highest BCUT2D eigenvalue weighted by Gasteiger charge is 2.23. The van der Waals surface area contributed by atoms with Gasteiger partial charge in [0.05, 0.1) is 42.8 Å². The van der Waals surface area contributed by atoms with Gasteiger partial charge in [-0.05, 0) is 24.3 Å². The number of oxime groups is 1. The molecule has 12 heteroatoms. The fourth-order valence-corrected chi connectivity index (χ4v) is 2.51. The zero-order chi connectivity index (χ0) is 25.1. The Labute approximate surface area is 192 Å². The molecule has 2 amide bonds. The van der Waals surface area contributed by atoms with Crippen LogP contribution in [0.5, 0.6) is 0 Å². The molecule has 0 unspecified atom stereocenters. The third-order valence-electron chi connectivity index (χ3n) is 4.20. The molecule has 0 aromatic heterocycles. The average Bonchev–Trinajstić information content (AvgIpc) is 2.83.